The van der Waals surface area contributed by atoms with Crippen LogP contribution in [0.1, 0.15) is 18.1 Å². The van der Waals surface area contributed by atoms with Crippen LogP contribution in [0.4, 0.5) is 0 Å². The zero-order chi connectivity index (χ0) is 19.7. The first kappa shape index (κ1) is 18.8. The number of thioether (sulfide) groups is 1. The Morgan fingerprint density at radius 2 is 2.00 bits per heavy atom. The van der Waals surface area contributed by atoms with Gasteiger partial charge in [-0.25, -0.2) is 4.79 Å². The molecule has 0 unspecified atom stereocenters. The highest BCUT2D eigenvalue weighted by molar-refractivity contribution is 7.98. The van der Waals surface area contributed by atoms with Gasteiger partial charge < -0.3 is 8.98 Å². The van der Waals surface area contributed by atoms with E-state index in [4.69, 9.17) is 16.0 Å². The van der Waals surface area contributed by atoms with Gasteiger partial charge >= 0.3 is 5.63 Å². The number of hydrogen-bond donors (Lipinski definition) is 0. The quantitative estimate of drug-likeness (QED) is 0.328. The van der Waals surface area contributed by atoms with Crippen molar-refractivity contribution in [1.29, 1.82) is 0 Å². The SMILES string of the molecule is CCn1c(SCc2cc(=O)oc3cc(C)ccc23)nnc1-c1cccc(Cl)c1. The topological polar surface area (TPSA) is 60.9 Å². The lowest BCUT2D eigenvalue weighted by Gasteiger charge is -2.09. The standard InChI is InChI=1S/C21H18ClN3O2S/c1-3-25-20(14-5-4-6-16(22)10-14)23-24-21(25)28-12-15-11-19(26)27-18-9-13(2)7-8-17(15)18/h4-11H,3,12H2,1-2H3. The highest BCUT2D eigenvalue weighted by Gasteiger charge is 2.15. The van der Waals surface area contributed by atoms with Gasteiger partial charge in [0, 0.05) is 34.3 Å². The van der Waals surface area contributed by atoms with Gasteiger partial charge in [-0.15, -0.1) is 10.2 Å². The summed E-state index contributed by atoms with van der Waals surface area (Å²) in [6.07, 6.45) is 0. The second-order valence-corrected chi connectivity index (χ2v) is 7.82. The van der Waals surface area contributed by atoms with Crippen molar-refractivity contribution in [3.8, 4) is 11.4 Å². The van der Waals surface area contributed by atoms with Crippen LogP contribution in [0.25, 0.3) is 22.4 Å². The molecule has 2 heterocycles. The van der Waals surface area contributed by atoms with Crippen molar-refractivity contribution < 1.29 is 4.42 Å². The van der Waals surface area contributed by atoms with E-state index in [9.17, 15) is 4.79 Å². The molecule has 0 bridgehead atoms. The number of halogens is 1. The molecule has 0 N–H and O–H groups in total. The highest BCUT2D eigenvalue weighted by atomic mass is 35.5. The minimum atomic E-state index is -0.342. The molecule has 142 valence electrons. The minimum absolute atomic E-state index is 0.342. The molecule has 0 aliphatic rings. The van der Waals surface area contributed by atoms with Gasteiger partial charge in [0.25, 0.3) is 0 Å². The van der Waals surface area contributed by atoms with Crippen LogP contribution in [0.2, 0.25) is 5.02 Å². The van der Waals surface area contributed by atoms with Gasteiger partial charge in [-0.3, -0.25) is 0 Å². The van der Waals surface area contributed by atoms with E-state index in [1.165, 1.54) is 0 Å². The fourth-order valence-electron chi connectivity index (χ4n) is 3.12. The maximum absolute atomic E-state index is 11.9. The lowest BCUT2D eigenvalue weighted by Crippen LogP contribution is -2.02. The van der Waals surface area contributed by atoms with Crippen molar-refractivity contribution in [2.45, 2.75) is 31.3 Å². The van der Waals surface area contributed by atoms with E-state index in [1.807, 2.05) is 54.0 Å². The maximum Gasteiger partial charge on any atom is 0.336 e. The van der Waals surface area contributed by atoms with Gasteiger partial charge in [-0.2, -0.15) is 0 Å². The lowest BCUT2D eigenvalue weighted by molar-refractivity contribution is 0.559. The van der Waals surface area contributed by atoms with E-state index in [-0.39, 0.29) is 5.63 Å². The van der Waals surface area contributed by atoms with Gasteiger partial charge in [-0.1, -0.05) is 47.6 Å². The Labute approximate surface area is 171 Å². The smallest absolute Gasteiger partial charge is 0.336 e. The lowest BCUT2D eigenvalue weighted by atomic mass is 10.1. The molecule has 4 aromatic rings. The molecule has 5 nitrogen and oxygen atoms in total. The summed E-state index contributed by atoms with van der Waals surface area (Å²) in [6, 6.07) is 15.0. The number of aryl methyl sites for hydroxylation is 1. The van der Waals surface area contributed by atoms with Gasteiger partial charge in [0.05, 0.1) is 0 Å². The third-order valence-corrected chi connectivity index (χ3v) is 5.71. The second kappa shape index (κ2) is 7.81. The zero-order valence-electron chi connectivity index (χ0n) is 15.5. The maximum atomic E-state index is 11.9. The third-order valence-electron chi connectivity index (χ3n) is 4.46. The summed E-state index contributed by atoms with van der Waals surface area (Å²) in [5.74, 6) is 1.37. The van der Waals surface area contributed by atoms with Crippen molar-refractivity contribution in [1.82, 2.24) is 14.8 Å². The average Bonchev–Trinajstić information content (AvgIpc) is 3.08. The van der Waals surface area contributed by atoms with Crippen LogP contribution in [0.3, 0.4) is 0 Å². The van der Waals surface area contributed by atoms with E-state index >= 15 is 0 Å². The molecule has 4 rings (SSSR count). The van der Waals surface area contributed by atoms with E-state index in [2.05, 4.69) is 17.1 Å². The molecule has 0 aliphatic heterocycles. The first-order valence-corrected chi connectivity index (χ1v) is 10.3. The van der Waals surface area contributed by atoms with Gasteiger partial charge in [0.1, 0.15) is 5.58 Å². The predicted octanol–water partition coefficient (Wildman–Crippen LogP) is 5.33. The second-order valence-electron chi connectivity index (χ2n) is 6.44. The number of aromatic nitrogens is 3. The molecule has 0 fully saturated rings. The Morgan fingerprint density at radius 3 is 2.79 bits per heavy atom. The minimum Gasteiger partial charge on any atom is -0.423 e. The summed E-state index contributed by atoms with van der Waals surface area (Å²) in [4.78, 5) is 11.9. The Kier molecular flexibility index (Phi) is 5.24. The van der Waals surface area contributed by atoms with Crippen molar-refractivity contribution in [3.63, 3.8) is 0 Å². The third kappa shape index (κ3) is 3.70. The van der Waals surface area contributed by atoms with Crippen LogP contribution in [0.5, 0.6) is 0 Å². The Bertz CT molecular complexity index is 1220. The van der Waals surface area contributed by atoms with Crippen LogP contribution in [0, 0.1) is 6.92 Å². The Morgan fingerprint density at radius 1 is 1.14 bits per heavy atom. The first-order valence-electron chi connectivity index (χ1n) is 8.90. The number of fused-ring (bicyclic) bond motifs is 1. The zero-order valence-corrected chi connectivity index (χ0v) is 17.0. The number of nitrogens with zero attached hydrogens (tertiary/aromatic N) is 3. The molecule has 0 aliphatic carbocycles. The van der Waals surface area contributed by atoms with Gasteiger partial charge in [-0.05, 0) is 43.2 Å². The van der Waals surface area contributed by atoms with E-state index in [1.54, 1.807) is 17.8 Å². The molecule has 0 saturated heterocycles. The first-order chi connectivity index (χ1) is 13.5. The summed E-state index contributed by atoms with van der Waals surface area (Å²) in [6.45, 7) is 4.76. The molecule has 28 heavy (non-hydrogen) atoms. The van der Waals surface area contributed by atoms with Crippen molar-refractivity contribution in [2.75, 3.05) is 0 Å². The average molecular weight is 412 g/mol. The number of hydrogen-bond acceptors (Lipinski definition) is 5. The molecule has 0 atom stereocenters. The summed E-state index contributed by atoms with van der Waals surface area (Å²) in [5.41, 5.74) is 3.17. The highest BCUT2D eigenvalue weighted by Crippen LogP contribution is 2.29. The molecule has 0 saturated carbocycles. The Balaban J connectivity index is 1.66. The monoisotopic (exact) mass is 411 g/mol. The summed E-state index contributed by atoms with van der Waals surface area (Å²) in [7, 11) is 0. The molecule has 0 amide bonds. The van der Waals surface area contributed by atoms with E-state index in [0.717, 1.165) is 39.6 Å². The fraction of sp³-hybridized carbons (Fsp3) is 0.190. The van der Waals surface area contributed by atoms with E-state index < -0.39 is 0 Å². The molecule has 2 aromatic heterocycles. The molecule has 0 spiro atoms. The molecular formula is C21H18ClN3O2S. The molecule has 0 radical (unpaired) electrons. The summed E-state index contributed by atoms with van der Waals surface area (Å²) >= 11 is 7.67. The summed E-state index contributed by atoms with van der Waals surface area (Å²) < 4.78 is 7.39. The van der Waals surface area contributed by atoms with E-state index in [0.29, 0.717) is 16.4 Å². The fourth-order valence-corrected chi connectivity index (χ4v) is 4.30. The van der Waals surface area contributed by atoms with Crippen LogP contribution >= 0.6 is 23.4 Å². The largest absolute Gasteiger partial charge is 0.423 e. The molecule has 2 aromatic carbocycles. The Hall–Kier alpha value is -2.57. The van der Waals surface area contributed by atoms with Gasteiger partial charge in [0.2, 0.25) is 0 Å². The van der Waals surface area contributed by atoms with Crippen LogP contribution < -0.4 is 5.63 Å². The molecular weight excluding hydrogens is 394 g/mol. The summed E-state index contributed by atoms with van der Waals surface area (Å²) in [5, 5.41) is 11.1. The van der Waals surface area contributed by atoms with Crippen LogP contribution in [-0.2, 0) is 12.3 Å². The molecule has 7 heteroatoms. The van der Waals surface area contributed by atoms with Crippen molar-refractivity contribution in [2.24, 2.45) is 0 Å². The predicted molar refractivity (Wildman–Crippen MR) is 113 cm³/mol. The van der Waals surface area contributed by atoms with Gasteiger partial charge in [0.15, 0.2) is 11.0 Å². The van der Waals surface area contributed by atoms with Crippen LogP contribution in [-0.4, -0.2) is 14.8 Å². The number of rotatable bonds is 5. The van der Waals surface area contributed by atoms with Crippen molar-refractivity contribution >= 4 is 34.3 Å². The van der Waals surface area contributed by atoms with Crippen LogP contribution in [0.15, 0.2) is 62.9 Å². The van der Waals surface area contributed by atoms with Crippen molar-refractivity contribution in [3.05, 3.63) is 75.1 Å². The normalized spacial score (nSPS) is 11.2. The number of benzene rings is 2.